The average Bonchev–Trinajstić information content (AvgIpc) is 2.70. The molecule has 0 bridgehead atoms. The van der Waals surface area contributed by atoms with E-state index in [4.69, 9.17) is 0 Å². The van der Waals surface area contributed by atoms with Crippen molar-refractivity contribution in [3.05, 3.63) is 81.5 Å². The summed E-state index contributed by atoms with van der Waals surface area (Å²) < 4.78 is 0. The summed E-state index contributed by atoms with van der Waals surface area (Å²) in [7, 11) is 0. The molecule has 0 spiro atoms. The van der Waals surface area contributed by atoms with Crippen LogP contribution in [0.3, 0.4) is 0 Å². The van der Waals surface area contributed by atoms with Crippen molar-refractivity contribution < 1.29 is 19.5 Å². The summed E-state index contributed by atoms with van der Waals surface area (Å²) in [4.78, 5) is 35.8. The molecule has 0 amide bonds. The molecule has 1 aromatic carbocycles. The van der Waals surface area contributed by atoms with E-state index >= 15 is 0 Å². The highest BCUT2D eigenvalue weighted by molar-refractivity contribution is 6.24. The molecule has 1 aliphatic carbocycles. The number of hydrogen-bond acceptors (Lipinski definition) is 3. The number of ketones is 2. The van der Waals surface area contributed by atoms with Gasteiger partial charge in [-0.15, -0.1) is 0 Å². The fourth-order valence-corrected chi connectivity index (χ4v) is 3.58. The number of hydrogen-bond donors (Lipinski definition) is 1. The number of carbonyl (C=O) groups is 3. The molecule has 1 aromatic rings. The maximum atomic E-state index is 12.2. The second kappa shape index (κ2) is 11.4. The van der Waals surface area contributed by atoms with Crippen LogP contribution in [0, 0.1) is 0 Å². The molecule has 0 radical (unpaired) electrons. The molecule has 2 rings (SSSR count). The second-order valence-corrected chi connectivity index (χ2v) is 8.38. The van der Waals surface area contributed by atoms with E-state index in [1.807, 2.05) is 32.1 Å². The normalized spacial score (nSPS) is 14.3. The Morgan fingerprint density at radius 2 is 1.65 bits per heavy atom. The van der Waals surface area contributed by atoms with Gasteiger partial charge in [0.25, 0.3) is 0 Å². The summed E-state index contributed by atoms with van der Waals surface area (Å²) >= 11 is 0. The first-order valence-electron chi connectivity index (χ1n) is 10.8. The zero-order valence-corrected chi connectivity index (χ0v) is 19.0. The van der Waals surface area contributed by atoms with Crippen LogP contribution in [0.4, 0.5) is 0 Å². The Kier molecular flexibility index (Phi) is 8.92. The highest BCUT2D eigenvalue weighted by atomic mass is 16.4. The van der Waals surface area contributed by atoms with Crippen LogP contribution in [0.15, 0.2) is 64.8 Å². The van der Waals surface area contributed by atoms with Crippen molar-refractivity contribution in [1.29, 1.82) is 0 Å². The number of carboxylic acid groups (broad SMARTS) is 1. The molecular formula is C27H32O4. The standard InChI is InChI=1S/C27H32O4/c1-18(2)8-5-12-22(27(30)31)13-7-10-19(3)9-6-11-21-14-15-23-24(17-21)25(28)16-20(4)26(23)29/h8-9,13-17H,5-7,10-12H2,1-4H3,(H,30,31)/b19-9+,22-13-. The van der Waals surface area contributed by atoms with Gasteiger partial charge in [-0.1, -0.05) is 41.5 Å². The maximum Gasteiger partial charge on any atom is 0.331 e. The number of Topliss-reactive ketones (excluding diaryl/α,β-unsaturated/α-hetero) is 1. The lowest BCUT2D eigenvalue weighted by Crippen LogP contribution is -2.15. The maximum absolute atomic E-state index is 12.2. The third kappa shape index (κ3) is 7.32. The lowest BCUT2D eigenvalue weighted by Gasteiger charge is -2.13. The number of carbonyl (C=O) groups excluding carboxylic acids is 2. The minimum Gasteiger partial charge on any atom is -0.478 e. The predicted octanol–water partition coefficient (Wildman–Crippen LogP) is 6.43. The van der Waals surface area contributed by atoms with Crippen molar-refractivity contribution in [2.75, 3.05) is 0 Å². The summed E-state index contributed by atoms with van der Waals surface area (Å²) in [6.45, 7) is 7.75. The quantitative estimate of drug-likeness (QED) is 0.350. The van der Waals surface area contributed by atoms with Gasteiger partial charge < -0.3 is 5.11 Å². The molecule has 0 atom stereocenters. The van der Waals surface area contributed by atoms with Crippen LogP contribution < -0.4 is 0 Å². The molecule has 4 nitrogen and oxygen atoms in total. The van der Waals surface area contributed by atoms with E-state index < -0.39 is 5.97 Å². The third-order valence-corrected chi connectivity index (χ3v) is 5.40. The van der Waals surface area contributed by atoms with Crippen molar-refractivity contribution >= 4 is 17.5 Å². The van der Waals surface area contributed by atoms with E-state index in [9.17, 15) is 19.5 Å². The number of benzene rings is 1. The number of carboxylic acids is 1. The largest absolute Gasteiger partial charge is 0.478 e. The SMILES string of the molecule is CC(C)=CCC/C(=C/CC/C(C)=C/CCc1ccc2c(c1)C(=O)C=C(C)C2=O)C(=O)O. The molecule has 164 valence electrons. The van der Waals surface area contributed by atoms with Crippen LogP contribution in [0.1, 0.15) is 86.1 Å². The Morgan fingerprint density at radius 3 is 2.32 bits per heavy atom. The predicted molar refractivity (Wildman–Crippen MR) is 125 cm³/mol. The van der Waals surface area contributed by atoms with Crippen LogP contribution >= 0.6 is 0 Å². The summed E-state index contributed by atoms with van der Waals surface area (Å²) in [6.07, 6.45) is 11.9. The van der Waals surface area contributed by atoms with Crippen molar-refractivity contribution in [1.82, 2.24) is 0 Å². The minimum absolute atomic E-state index is 0.0773. The number of aryl methyl sites for hydroxylation is 1. The van der Waals surface area contributed by atoms with Crippen LogP contribution in [0.2, 0.25) is 0 Å². The molecule has 1 aliphatic rings. The third-order valence-electron chi connectivity index (χ3n) is 5.40. The first-order chi connectivity index (χ1) is 14.7. The van der Waals surface area contributed by atoms with Gasteiger partial charge in [0.05, 0.1) is 0 Å². The highest BCUT2D eigenvalue weighted by Crippen LogP contribution is 2.23. The van der Waals surface area contributed by atoms with Crippen molar-refractivity contribution in [2.24, 2.45) is 0 Å². The Morgan fingerprint density at radius 1 is 0.935 bits per heavy atom. The highest BCUT2D eigenvalue weighted by Gasteiger charge is 2.22. The van der Waals surface area contributed by atoms with Gasteiger partial charge in [0.15, 0.2) is 11.6 Å². The Balaban J connectivity index is 1.89. The lowest BCUT2D eigenvalue weighted by molar-refractivity contribution is -0.132. The molecular weight excluding hydrogens is 388 g/mol. The van der Waals surface area contributed by atoms with Crippen molar-refractivity contribution in [2.45, 2.75) is 66.2 Å². The summed E-state index contributed by atoms with van der Waals surface area (Å²) in [5, 5.41) is 9.35. The van der Waals surface area contributed by atoms with Crippen LogP contribution in [0.5, 0.6) is 0 Å². The second-order valence-electron chi connectivity index (χ2n) is 8.38. The van der Waals surface area contributed by atoms with Gasteiger partial charge in [0.2, 0.25) is 0 Å². The number of allylic oxidation sites excluding steroid dienone is 7. The monoisotopic (exact) mass is 420 g/mol. The average molecular weight is 421 g/mol. The fourth-order valence-electron chi connectivity index (χ4n) is 3.58. The van der Waals surface area contributed by atoms with E-state index in [-0.39, 0.29) is 11.6 Å². The molecule has 0 aliphatic heterocycles. The molecule has 0 saturated carbocycles. The zero-order valence-electron chi connectivity index (χ0n) is 19.0. The molecule has 0 fully saturated rings. The lowest BCUT2D eigenvalue weighted by atomic mass is 9.88. The van der Waals surface area contributed by atoms with Gasteiger partial charge in [-0.05, 0) is 83.9 Å². The van der Waals surface area contributed by atoms with Crippen molar-refractivity contribution in [3.8, 4) is 0 Å². The van der Waals surface area contributed by atoms with E-state index in [0.29, 0.717) is 35.1 Å². The molecule has 0 heterocycles. The smallest absolute Gasteiger partial charge is 0.331 e. The van der Waals surface area contributed by atoms with Crippen molar-refractivity contribution in [3.63, 3.8) is 0 Å². The van der Waals surface area contributed by atoms with Gasteiger partial charge >= 0.3 is 5.97 Å². The van der Waals surface area contributed by atoms with E-state index in [0.717, 1.165) is 31.2 Å². The van der Waals surface area contributed by atoms with Gasteiger partial charge in [0.1, 0.15) is 0 Å². The fraction of sp³-hybridized carbons (Fsp3) is 0.370. The summed E-state index contributed by atoms with van der Waals surface area (Å²) in [5.74, 6) is -1.02. The van der Waals surface area contributed by atoms with Gasteiger partial charge in [0, 0.05) is 22.3 Å². The first-order valence-corrected chi connectivity index (χ1v) is 10.8. The van der Waals surface area contributed by atoms with Gasteiger partial charge in [-0.2, -0.15) is 0 Å². The van der Waals surface area contributed by atoms with Gasteiger partial charge in [-0.3, -0.25) is 9.59 Å². The first kappa shape index (κ1) is 24.3. The van der Waals surface area contributed by atoms with E-state index in [1.165, 1.54) is 17.2 Å². The van der Waals surface area contributed by atoms with E-state index in [1.54, 1.807) is 13.0 Å². The Bertz CT molecular complexity index is 982. The van der Waals surface area contributed by atoms with Crippen LogP contribution in [-0.4, -0.2) is 22.6 Å². The summed E-state index contributed by atoms with van der Waals surface area (Å²) in [5.41, 5.74) is 5.39. The Labute approximate surface area is 185 Å². The molecule has 31 heavy (non-hydrogen) atoms. The Hall–Kier alpha value is -3.01. The molecule has 0 aromatic heterocycles. The topological polar surface area (TPSA) is 71.4 Å². The summed E-state index contributed by atoms with van der Waals surface area (Å²) in [6, 6.07) is 5.50. The number of rotatable bonds is 10. The molecule has 0 saturated heterocycles. The minimum atomic E-state index is -0.839. The number of fused-ring (bicyclic) bond motifs is 1. The van der Waals surface area contributed by atoms with Gasteiger partial charge in [-0.25, -0.2) is 4.79 Å². The molecule has 1 N–H and O–H groups in total. The van der Waals surface area contributed by atoms with E-state index in [2.05, 4.69) is 19.1 Å². The molecule has 0 unspecified atom stereocenters. The van der Waals surface area contributed by atoms with Crippen LogP contribution in [0.25, 0.3) is 0 Å². The van der Waals surface area contributed by atoms with Crippen LogP contribution in [-0.2, 0) is 11.2 Å². The zero-order chi connectivity index (χ0) is 23.0. The number of aliphatic carboxylic acids is 1. The molecule has 4 heteroatoms.